The van der Waals surface area contributed by atoms with E-state index < -0.39 is 0 Å². The zero-order valence-corrected chi connectivity index (χ0v) is 12.1. The van der Waals surface area contributed by atoms with Gasteiger partial charge >= 0.3 is 0 Å². The highest BCUT2D eigenvalue weighted by atomic mass is 35.5. The average Bonchev–Trinajstić information content (AvgIpc) is 2.96. The van der Waals surface area contributed by atoms with Gasteiger partial charge in [-0.15, -0.1) is 11.3 Å². The van der Waals surface area contributed by atoms with E-state index >= 15 is 0 Å². The zero-order chi connectivity index (χ0) is 13.1. The van der Waals surface area contributed by atoms with Crippen LogP contribution in [-0.2, 0) is 6.54 Å². The summed E-state index contributed by atoms with van der Waals surface area (Å²) < 4.78 is 0. The van der Waals surface area contributed by atoms with Gasteiger partial charge in [-0.1, -0.05) is 17.7 Å². The van der Waals surface area contributed by atoms with Crippen LogP contribution >= 0.6 is 22.9 Å². The molecule has 4 nitrogen and oxygen atoms in total. The fourth-order valence-electron chi connectivity index (χ4n) is 2.23. The van der Waals surface area contributed by atoms with Gasteiger partial charge in [0.25, 0.3) is 0 Å². The highest BCUT2D eigenvalue weighted by molar-refractivity contribution is 7.13. The van der Waals surface area contributed by atoms with Gasteiger partial charge in [0.05, 0.1) is 0 Å². The first-order valence-electron chi connectivity index (χ1n) is 6.28. The maximum absolute atomic E-state index is 5.79. The molecule has 0 aliphatic carbocycles. The normalized spacial score (nSPS) is 16.8. The van der Waals surface area contributed by atoms with Gasteiger partial charge in [-0.3, -0.25) is 4.90 Å². The summed E-state index contributed by atoms with van der Waals surface area (Å²) in [6, 6.07) is 3.89. The number of thiazole rings is 1. The quantitative estimate of drug-likeness (QED) is 0.814. The lowest BCUT2D eigenvalue weighted by Gasteiger charge is -2.34. The molecule has 0 amide bonds. The number of hydrogen-bond acceptors (Lipinski definition) is 5. The predicted octanol–water partition coefficient (Wildman–Crippen LogP) is 2.51. The Morgan fingerprint density at radius 1 is 1.16 bits per heavy atom. The van der Waals surface area contributed by atoms with Gasteiger partial charge in [-0.2, -0.15) is 0 Å². The molecule has 2 aromatic rings. The molecule has 3 heterocycles. The Balaban J connectivity index is 1.54. The number of rotatable bonds is 3. The molecule has 100 valence electrons. The molecular weight excluding hydrogens is 280 g/mol. The summed E-state index contributed by atoms with van der Waals surface area (Å²) in [5.41, 5.74) is 1.21. The zero-order valence-electron chi connectivity index (χ0n) is 10.5. The van der Waals surface area contributed by atoms with Crippen LogP contribution < -0.4 is 4.90 Å². The van der Waals surface area contributed by atoms with E-state index in [4.69, 9.17) is 11.6 Å². The van der Waals surface area contributed by atoms with E-state index in [2.05, 4.69) is 19.8 Å². The summed E-state index contributed by atoms with van der Waals surface area (Å²) in [6.45, 7) is 5.13. The van der Waals surface area contributed by atoms with E-state index in [1.165, 1.54) is 5.56 Å². The molecule has 1 fully saturated rings. The molecule has 2 aromatic heterocycles. The Morgan fingerprint density at radius 2 is 2.00 bits per heavy atom. The smallest absolute Gasteiger partial charge is 0.185 e. The first-order chi connectivity index (χ1) is 9.31. The maximum atomic E-state index is 5.79. The fourth-order valence-corrected chi connectivity index (χ4v) is 3.04. The molecule has 0 spiro atoms. The Hall–Kier alpha value is -1.17. The number of aromatic nitrogens is 2. The Kier molecular flexibility index (Phi) is 3.96. The number of halogens is 1. The molecule has 0 aromatic carbocycles. The number of piperazine rings is 1. The standard InChI is InChI=1S/C13H15ClN4S/c14-12-2-1-11(9-16-12)10-17-4-6-18(7-5-17)13-15-3-8-19-13/h1-3,8-9H,4-7,10H2. The van der Waals surface area contributed by atoms with Gasteiger partial charge < -0.3 is 4.90 Å². The minimum Gasteiger partial charge on any atom is -0.346 e. The van der Waals surface area contributed by atoms with E-state index in [0.717, 1.165) is 37.9 Å². The SMILES string of the molecule is Clc1ccc(CN2CCN(c3nccs3)CC2)cn1. The third-order valence-corrected chi connectivity index (χ3v) is 4.31. The molecule has 3 rings (SSSR count). The van der Waals surface area contributed by atoms with Gasteiger partial charge in [0.1, 0.15) is 5.15 Å². The van der Waals surface area contributed by atoms with Crippen LogP contribution in [0.4, 0.5) is 5.13 Å². The minimum absolute atomic E-state index is 0.553. The van der Waals surface area contributed by atoms with Crippen LogP contribution in [0.1, 0.15) is 5.56 Å². The van der Waals surface area contributed by atoms with Crippen LogP contribution in [0.25, 0.3) is 0 Å². The van der Waals surface area contributed by atoms with Crippen molar-refractivity contribution in [2.24, 2.45) is 0 Å². The largest absolute Gasteiger partial charge is 0.346 e. The molecule has 0 atom stereocenters. The summed E-state index contributed by atoms with van der Waals surface area (Å²) in [7, 11) is 0. The monoisotopic (exact) mass is 294 g/mol. The van der Waals surface area contributed by atoms with Gasteiger partial charge in [0.2, 0.25) is 0 Å². The lowest BCUT2D eigenvalue weighted by Crippen LogP contribution is -2.45. The van der Waals surface area contributed by atoms with Crippen molar-refractivity contribution in [3.8, 4) is 0 Å². The summed E-state index contributed by atoms with van der Waals surface area (Å²) in [4.78, 5) is 13.3. The molecule has 0 unspecified atom stereocenters. The van der Waals surface area contributed by atoms with Crippen LogP contribution in [0.15, 0.2) is 29.9 Å². The highest BCUT2D eigenvalue weighted by Gasteiger charge is 2.18. The Bertz CT molecular complexity index is 506. The van der Waals surface area contributed by atoms with Gasteiger partial charge in [0, 0.05) is 50.5 Å². The third kappa shape index (κ3) is 3.23. The molecule has 0 saturated carbocycles. The molecule has 1 aliphatic heterocycles. The molecular formula is C13H15ClN4S. The number of pyridine rings is 1. The van der Waals surface area contributed by atoms with Crippen molar-refractivity contribution in [1.29, 1.82) is 0 Å². The van der Waals surface area contributed by atoms with Crippen LogP contribution in [0.2, 0.25) is 5.15 Å². The molecule has 0 radical (unpaired) electrons. The second-order valence-corrected chi connectivity index (χ2v) is 5.83. The average molecular weight is 295 g/mol. The summed E-state index contributed by atoms with van der Waals surface area (Å²) in [5.74, 6) is 0. The Labute approximate surface area is 121 Å². The number of nitrogens with zero attached hydrogens (tertiary/aromatic N) is 4. The maximum Gasteiger partial charge on any atom is 0.185 e. The van der Waals surface area contributed by atoms with E-state index in [0.29, 0.717) is 5.15 Å². The fraction of sp³-hybridized carbons (Fsp3) is 0.385. The van der Waals surface area contributed by atoms with Crippen molar-refractivity contribution in [3.63, 3.8) is 0 Å². The predicted molar refractivity (Wildman–Crippen MR) is 78.9 cm³/mol. The third-order valence-electron chi connectivity index (χ3n) is 3.26. The molecule has 1 aliphatic rings. The van der Waals surface area contributed by atoms with Crippen molar-refractivity contribution in [2.45, 2.75) is 6.54 Å². The van der Waals surface area contributed by atoms with E-state index in [9.17, 15) is 0 Å². The van der Waals surface area contributed by atoms with Gasteiger partial charge in [0.15, 0.2) is 5.13 Å². The first kappa shape index (κ1) is 12.8. The molecule has 19 heavy (non-hydrogen) atoms. The van der Waals surface area contributed by atoms with Crippen LogP contribution in [0, 0.1) is 0 Å². The summed E-state index contributed by atoms with van der Waals surface area (Å²) in [5, 5.41) is 3.71. The number of hydrogen-bond donors (Lipinski definition) is 0. The van der Waals surface area contributed by atoms with Gasteiger partial charge in [-0.05, 0) is 11.6 Å². The first-order valence-corrected chi connectivity index (χ1v) is 7.54. The lowest BCUT2D eigenvalue weighted by atomic mass is 10.2. The van der Waals surface area contributed by atoms with E-state index in [1.54, 1.807) is 11.3 Å². The van der Waals surface area contributed by atoms with Crippen molar-refractivity contribution in [1.82, 2.24) is 14.9 Å². The second-order valence-electron chi connectivity index (χ2n) is 4.57. The van der Waals surface area contributed by atoms with Crippen LogP contribution in [-0.4, -0.2) is 41.0 Å². The summed E-state index contributed by atoms with van der Waals surface area (Å²) >= 11 is 7.50. The van der Waals surface area contributed by atoms with Crippen molar-refractivity contribution >= 4 is 28.1 Å². The highest BCUT2D eigenvalue weighted by Crippen LogP contribution is 2.19. The second kappa shape index (κ2) is 5.86. The van der Waals surface area contributed by atoms with Gasteiger partial charge in [-0.25, -0.2) is 9.97 Å². The van der Waals surface area contributed by atoms with E-state index in [1.807, 2.05) is 29.9 Å². The molecule has 1 saturated heterocycles. The minimum atomic E-state index is 0.553. The van der Waals surface area contributed by atoms with Crippen molar-refractivity contribution < 1.29 is 0 Å². The topological polar surface area (TPSA) is 32.3 Å². The Morgan fingerprint density at radius 3 is 2.63 bits per heavy atom. The molecule has 0 N–H and O–H groups in total. The van der Waals surface area contributed by atoms with Crippen LogP contribution in [0.5, 0.6) is 0 Å². The van der Waals surface area contributed by atoms with Crippen molar-refractivity contribution in [3.05, 3.63) is 40.6 Å². The molecule has 0 bridgehead atoms. The number of anilines is 1. The van der Waals surface area contributed by atoms with E-state index in [-0.39, 0.29) is 0 Å². The molecule has 6 heteroatoms. The van der Waals surface area contributed by atoms with Crippen molar-refractivity contribution in [2.75, 3.05) is 31.1 Å². The summed E-state index contributed by atoms with van der Waals surface area (Å²) in [6.07, 6.45) is 3.72. The lowest BCUT2D eigenvalue weighted by molar-refractivity contribution is 0.249. The van der Waals surface area contributed by atoms with Crippen LogP contribution in [0.3, 0.4) is 0 Å².